The van der Waals surface area contributed by atoms with Crippen molar-refractivity contribution in [2.75, 3.05) is 23.9 Å². The minimum Gasteiger partial charge on any atom is -0.465 e. The number of hydrogen-bond donors (Lipinski definition) is 1. The Morgan fingerprint density at radius 2 is 2.35 bits per heavy atom. The van der Waals surface area contributed by atoms with Crippen LogP contribution in [-0.4, -0.2) is 46.3 Å². The summed E-state index contributed by atoms with van der Waals surface area (Å²) < 4.78 is 6.28. The lowest BCUT2D eigenvalue weighted by Gasteiger charge is -2.14. The average molecular weight is 356 g/mol. The van der Waals surface area contributed by atoms with Crippen molar-refractivity contribution in [1.82, 2.24) is 14.8 Å². The molecule has 3 heterocycles. The number of ether oxygens (including phenoxy) is 1. The van der Waals surface area contributed by atoms with Crippen molar-refractivity contribution in [3.63, 3.8) is 0 Å². The Morgan fingerprint density at radius 1 is 1.57 bits per heavy atom. The van der Waals surface area contributed by atoms with Crippen molar-refractivity contribution < 1.29 is 14.3 Å². The summed E-state index contributed by atoms with van der Waals surface area (Å²) >= 11 is 6.99. The Hall–Kier alpha value is -2.13. The zero-order chi connectivity index (χ0) is 16.6. The van der Waals surface area contributed by atoms with Gasteiger partial charge in [-0.3, -0.25) is 9.48 Å². The van der Waals surface area contributed by atoms with Crippen LogP contribution in [0.2, 0.25) is 5.15 Å². The van der Waals surface area contributed by atoms with Gasteiger partial charge < -0.3 is 15.0 Å². The fraction of sp³-hybridized carbons (Fsp3) is 0.385. The second-order valence-corrected chi connectivity index (χ2v) is 6.34. The number of methoxy groups -OCH3 is 1. The molecule has 8 nitrogen and oxygen atoms in total. The molecule has 0 aromatic carbocycles. The Labute approximate surface area is 141 Å². The van der Waals surface area contributed by atoms with E-state index in [1.807, 2.05) is 0 Å². The van der Waals surface area contributed by atoms with Crippen molar-refractivity contribution in [2.45, 2.75) is 12.5 Å². The lowest BCUT2D eigenvalue weighted by molar-refractivity contribution is -0.117. The first kappa shape index (κ1) is 15.8. The molecule has 1 fully saturated rings. The van der Waals surface area contributed by atoms with Gasteiger partial charge in [0.25, 0.3) is 0 Å². The average Bonchev–Trinajstić information content (AvgIpc) is 3.20. The number of aromatic nitrogens is 3. The SMILES string of the molecule is COC(=O)c1sc(NC2CCN(c3cnn(C)c3)C2=O)nc1Cl. The number of esters is 1. The number of rotatable bonds is 4. The van der Waals surface area contributed by atoms with Gasteiger partial charge in [0.1, 0.15) is 6.04 Å². The Bertz CT molecular complexity index is 759. The number of hydrogen-bond acceptors (Lipinski definition) is 7. The van der Waals surface area contributed by atoms with Gasteiger partial charge in [-0.05, 0) is 6.42 Å². The van der Waals surface area contributed by atoms with Crippen LogP contribution in [0.4, 0.5) is 10.8 Å². The molecule has 1 saturated heterocycles. The molecule has 1 atom stereocenters. The molecule has 3 rings (SSSR count). The van der Waals surface area contributed by atoms with Crippen LogP contribution in [0.15, 0.2) is 12.4 Å². The highest BCUT2D eigenvalue weighted by Crippen LogP contribution is 2.30. The predicted molar refractivity (Wildman–Crippen MR) is 86.1 cm³/mol. The zero-order valence-electron chi connectivity index (χ0n) is 12.4. The molecule has 1 amide bonds. The molecule has 1 aliphatic rings. The van der Waals surface area contributed by atoms with Gasteiger partial charge in [-0.25, -0.2) is 9.78 Å². The smallest absolute Gasteiger partial charge is 0.351 e. The van der Waals surface area contributed by atoms with E-state index in [1.165, 1.54) is 7.11 Å². The number of carbonyl (C=O) groups is 2. The normalized spacial score (nSPS) is 17.6. The standard InChI is InChI=1S/C13H14ClN5O3S/c1-18-6-7(5-15-18)19-4-3-8(11(19)20)16-13-17-10(14)9(23-13)12(21)22-2/h5-6,8H,3-4H2,1-2H3,(H,16,17). The molecule has 0 aliphatic carbocycles. The number of amides is 1. The summed E-state index contributed by atoms with van der Waals surface area (Å²) in [5, 5.41) is 7.59. The molecular weight excluding hydrogens is 342 g/mol. The summed E-state index contributed by atoms with van der Waals surface area (Å²) in [6, 6.07) is -0.414. The first-order chi connectivity index (χ1) is 11.0. The van der Waals surface area contributed by atoms with E-state index in [1.54, 1.807) is 29.0 Å². The summed E-state index contributed by atoms with van der Waals surface area (Å²) in [5.41, 5.74) is 0.759. The van der Waals surface area contributed by atoms with Crippen LogP contribution < -0.4 is 10.2 Å². The van der Waals surface area contributed by atoms with Crippen LogP contribution >= 0.6 is 22.9 Å². The number of carbonyl (C=O) groups excluding carboxylic acids is 2. The fourth-order valence-electron chi connectivity index (χ4n) is 2.35. The number of nitrogens with zero attached hydrogens (tertiary/aromatic N) is 4. The maximum absolute atomic E-state index is 12.5. The quantitative estimate of drug-likeness (QED) is 0.837. The van der Waals surface area contributed by atoms with E-state index >= 15 is 0 Å². The van der Waals surface area contributed by atoms with Gasteiger partial charge in [-0.2, -0.15) is 5.10 Å². The number of anilines is 2. The number of aryl methyl sites for hydroxylation is 1. The molecule has 1 N–H and O–H groups in total. The van der Waals surface area contributed by atoms with E-state index in [0.29, 0.717) is 18.1 Å². The van der Waals surface area contributed by atoms with E-state index in [4.69, 9.17) is 11.6 Å². The molecule has 23 heavy (non-hydrogen) atoms. The topological polar surface area (TPSA) is 89.4 Å². The lowest BCUT2D eigenvalue weighted by Crippen LogP contribution is -2.33. The number of nitrogens with one attached hydrogen (secondary N) is 1. The van der Waals surface area contributed by atoms with Gasteiger partial charge in [-0.15, -0.1) is 0 Å². The van der Waals surface area contributed by atoms with Gasteiger partial charge in [-0.1, -0.05) is 22.9 Å². The van der Waals surface area contributed by atoms with Crippen LogP contribution in [0.1, 0.15) is 16.1 Å². The van der Waals surface area contributed by atoms with E-state index < -0.39 is 12.0 Å². The molecular formula is C13H14ClN5O3S. The molecule has 1 aliphatic heterocycles. The van der Waals surface area contributed by atoms with Crippen LogP contribution in [-0.2, 0) is 16.6 Å². The highest BCUT2D eigenvalue weighted by molar-refractivity contribution is 7.18. The van der Waals surface area contributed by atoms with Gasteiger partial charge in [0.05, 0.1) is 19.0 Å². The minimum absolute atomic E-state index is 0.0658. The van der Waals surface area contributed by atoms with E-state index in [-0.39, 0.29) is 15.9 Å². The summed E-state index contributed by atoms with van der Waals surface area (Å²) in [7, 11) is 3.07. The third kappa shape index (κ3) is 3.02. The van der Waals surface area contributed by atoms with Crippen molar-refractivity contribution in [3.05, 3.63) is 22.4 Å². The summed E-state index contributed by atoms with van der Waals surface area (Å²) in [6.45, 7) is 0.588. The van der Waals surface area contributed by atoms with Crippen LogP contribution in [0.25, 0.3) is 0 Å². The first-order valence-corrected chi connectivity index (χ1v) is 8.00. The molecule has 0 radical (unpaired) electrons. The predicted octanol–water partition coefficient (Wildman–Crippen LogP) is 1.53. The van der Waals surface area contributed by atoms with Gasteiger partial charge in [0.15, 0.2) is 15.2 Å². The van der Waals surface area contributed by atoms with Gasteiger partial charge in [0.2, 0.25) is 5.91 Å². The van der Waals surface area contributed by atoms with Crippen molar-refractivity contribution >= 4 is 45.6 Å². The largest absolute Gasteiger partial charge is 0.465 e. The Kier molecular flexibility index (Phi) is 4.22. The molecule has 2 aromatic heterocycles. The van der Waals surface area contributed by atoms with Crippen LogP contribution in [0, 0.1) is 0 Å². The monoisotopic (exact) mass is 355 g/mol. The molecule has 0 bridgehead atoms. The second kappa shape index (κ2) is 6.17. The first-order valence-electron chi connectivity index (χ1n) is 6.81. The zero-order valence-corrected chi connectivity index (χ0v) is 14.0. The number of halogens is 1. The molecule has 0 saturated carbocycles. The third-order valence-corrected chi connectivity index (χ3v) is 4.81. The maximum atomic E-state index is 12.5. The van der Waals surface area contributed by atoms with Crippen molar-refractivity contribution in [1.29, 1.82) is 0 Å². The van der Waals surface area contributed by atoms with E-state index in [2.05, 4.69) is 20.1 Å². The Balaban J connectivity index is 1.72. The van der Waals surface area contributed by atoms with Gasteiger partial charge >= 0.3 is 5.97 Å². The Morgan fingerprint density at radius 3 is 3.00 bits per heavy atom. The second-order valence-electron chi connectivity index (χ2n) is 4.98. The summed E-state index contributed by atoms with van der Waals surface area (Å²) in [6.07, 6.45) is 4.06. The molecule has 122 valence electrons. The van der Waals surface area contributed by atoms with Crippen LogP contribution in [0.5, 0.6) is 0 Å². The summed E-state index contributed by atoms with van der Waals surface area (Å²) in [5.74, 6) is -0.612. The maximum Gasteiger partial charge on any atom is 0.351 e. The van der Waals surface area contributed by atoms with Gasteiger partial charge in [0, 0.05) is 19.8 Å². The highest BCUT2D eigenvalue weighted by Gasteiger charge is 2.34. The molecule has 0 spiro atoms. The van der Waals surface area contributed by atoms with Crippen molar-refractivity contribution in [3.8, 4) is 0 Å². The van der Waals surface area contributed by atoms with E-state index in [9.17, 15) is 9.59 Å². The number of thiazole rings is 1. The summed E-state index contributed by atoms with van der Waals surface area (Å²) in [4.78, 5) is 30.0. The highest BCUT2D eigenvalue weighted by atomic mass is 35.5. The van der Waals surface area contributed by atoms with Crippen molar-refractivity contribution in [2.24, 2.45) is 7.05 Å². The fourth-order valence-corrected chi connectivity index (χ4v) is 3.50. The van der Waals surface area contributed by atoms with Crippen LogP contribution in [0.3, 0.4) is 0 Å². The molecule has 1 unspecified atom stereocenters. The van der Waals surface area contributed by atoms with E-state index in [0.717, 1.165) is 17.0 Å². The lowest BCUT2D eigenvalue weighted by atomic mass is 10.2. The third-order valence-electron chi connectivity index (χ3n) is 3.46. The molecule has 10 heteroatoms. The molecule has 2 aromatic rings. The minimum atomic E-state index is -0.546.